The second-order valence-electron chi connectivity index (χ2n) is 4.66. The van der Waals surface area contributed by atoms with E-state index in [4.69, 9.17) is 4.74 Å². The normalized spacial score (nSPS) is 12.1. The lowest BCUT2D eigenvalue weighted by atomic mass is 10.5. The van der Waals surface area contributed by atoms with Gasteiger partial charge in [0.1, 0.15) is 4.60 Å². The van der Waals surface area contributed by atoms with Crippen LogP contribution in [-0.4, -0.2) is 24.6 Å². The minimum absolute atomic E-state index is 0.587. The van der Waals surface area contributed by atoms with E-state index >= 15 is 0 Å². The molecule has 0 saturated carbocycles. The van der Waals surface area contributed by atoms with Crippen LogP contribution in [0, 0.1) is 0 Å². The van der Waals surface area contributed by atoms with Gasteiger partial charge in [-0.05, 0) is 37.9 Å². The van der Waals surface area contributed by atoms with Crippen molar-refractivity contribution in [1.29, 1.82) is 0 Å². The number of H-pyrrole nitrogens is 1. The van der Waals surface area contributed by atoms with Crippen LogP contribution in [0.5, 0.6) is 0 Å². The summed E-state index contributed by atoms with van der Waals surface area (Å²) in [6, 6.07) is 1.19. The molecule has 0 bridgehead atoms. The second kappa shape index (κ2) is 5.61. The highest BCUT2D eigenvalue weighted by atomic mass is 79.9. The number of nitrogens with one attached hydrogen (secondary N) is 1. The Morgan fingerprint density at radius 2 is 2.00 bits per heavy atom. The molecule has 6 heteroatoms. The fourth-order valence-corrected chi connectivity index (χ4v) is 2.81. The minimum Gasteiger partial charge on any atom is -0.375 e. The molecular weight excluding hydrogens is 340 g/mol. The summed E-state index contributed by atoms with van der Waals surface area (Å²) in [5.41, 5.74) is 0.984. The van der Waals surface area contributed by atoms with Crippen molar-refractivity contribution in [3.05, 3.63) is 15.0 Å². The number of aromatic amines is 1. The van der Waals surface area contributed by atoms with E-state index in [-0.39, 0.29) is 0 Å². The number of ether oxygens (including phenoxy) is 1. The maximum absolute atomic E-state index is 5.60. The van der Waals surface area contributed by atoms with Gasteiger partial charge in [0.25, 0.3) is 0 Å². The van der Waals surface area contributed by atoms with Gasteiger partial charge in [0, 0.05) is 14.7 Å². The number of hydrogen-bond acceptors (Lipinski definition) is 2. The molecule has 0 amide bonds. The van der Waals surface area contributed by atoms with Crippen LogP contribution in [0.15, 0.2) is 9.34 Å². The third-order valence-electron chi connectivity index (χ3n) is 1.94. The van der Waals surface area contributed by atoms with Crippen molar-refractivity contribution in [2.75, 3.05) is 6.61 Å². The lowest BCUT2D eigenvalue weighted by Crippen LogP contribution is -2.21. The number of halogens is 2. The quantitative estimate of drug-likeness (QED) is 0.644. The van der Waals surface area contributed by atoms with E-state index in [0.29, 0.717) is 6.61 Å². The summed E-state index contributed by atoms with van der Waals surface area (Å²) in [6.45, 7) is 8.46. The van der Waals surface area contributed by atoms with E-state index in [1.807, 2.05) is 0 Å². The summed E-state index contributed by atoms with van der Waals surface area (Å²) in [4.78, 5) is 7.23. The Balaban J connectivity index is 2.29. The number of imidazole rings is 1. The summed E-state index contributed by atoms with van der Waals surface area (Å²) in [5, 5.41) is 0. The molecule has 0 aliphatic heterocycles. The first-order valence-electron chi connectivity index (χ1n) is 4.86. The third-order valence-corrected chi connectivity index (χ3v) is 4.68. The van der Waals surface area contributed by atoms with E-state index in [1.165, 1.54) is 6.04 Å². The highest BCUT2D eigenvalue weighted by Gasteiger charge is 2.12. The van der Waals surface area contributed by atoms with Crippen molar-refractivity contribution in [2.45, 2.75) is 32.3 Å². The molecule has 0 unspecified atom stereocenters. The topological polar surface area (TPSA) is 37.9 Å². The average Bonchev–Trinajstić information content (AvgIpc) is 2.37. The molecule has 0 aromatic carbocycles. The Morgan fingerprint density at radius 1 is 1.33 bits per heavy atom. The molecule has 1 aromatic rings. The van der Waals surface area contributed by atoms with Crippen molar-refractivity contribution in [3.8, 4) is 0 Å². The molecule has 0 fully saturated rings. The molecule has 1 heterocycles. The first-order chi connectivity index (χ1) is 6.88. The van der Waals surface area contributed by atoms with Crippen molar-refractivity contribution >= 4 is 39.9 Å². The molecule has 3 nitrogen and oxygen atoms in total. The van der Waals surface area contributed by atoms with Crippen LogP contribution >= 0.6 is 31.9 Å². The van der Waals surface area contributed by atoms with Gasteiger partial charge in [0.2, 0.25) is 0 Å². The Hall–Kier alpha value is 0.347. The number of hydrogen-bond donors (Lipinski definition) is 1. The summed E-state index contributed by atoms with van der Waals surface area (Å²) < 4.78 is 7.16. The number of nitrogens with zero attached hydrogens (tertiary/aromatic N) is 1. The molecule has 0 aliphatic rings. The largest absolute Gasteiger partial charge is 0.375 e. The van der Waals surface area contributed by atoms with Gasteiger partial charge in [-0.15, -0.1) is 0 Å². The van der Waals surface area contributed by atoms with Crippen LogP contribution < -0.4 is 0 Å². The molecule has 1 N–H and O–H groups in total. The van der Waals surface area contributed by atoms with E-state index in [0.717, 1.165) is 21.6 Å². The molecule has 1 rings (SSSR count). The summed E-state index contributed by atoms with van der Waals surface area (Å²) in [5.74, 6) is 0. The summed E-state index contributed by atoms with van der Waals surface area (Å²) >= 11 is 6.64. The van der Waals surface area contributed by atoms with E-state index in [1.54, 1.807) is 0 Å². The van der Waals surface area contributed by atoms with E-state index in [2.05, 4.69) is 61.5 Å². The molecule has 0 spiro atoms. The van der Waals surface area contributed by atoms with Gasteiger partial charge in [0.05, 0.1) is 12.3 Å². The van der Waals surface area contributed by atoms with Gasteiger partial charge in [-0.1, -0.05) is 19.6 Å². The van der Waals surface area contributed by atoms with Crippen molar-refractivity contribution in [1.82, 2.24) is 9.97 Å². The molecule has 15 heavy (non-hydrogen) atoms. The highest BCUT2D eigenvalue weighted by molar-refractivity contribution is 9.11. The van der Waals surface area contributed by atoms with Crippen LogP contribution in [0.25, 0.3) is 0 Å². The Morgan fingerprint density at radius 3 is 2.47 bits per heavy atom. The molecule has 1 aromatic heterocycles. The fourth-order valence-electron chi connectivity index (χ4n) is 1.01. The minimum atomic E-state index is -0.976. The number of aromatic nitrogens is 2. The van der Waals surface area contributed by atoms with Gasteiger partial charge in [0.15, 0.2) is 4.73 Å². The fraction of sp³-hybridized carbons (Fsp3) is 0.667. The molecule has 0 atom stereocenters. The molecule has 0 radical (unpaired) electrons. The molecule has 0 saturated heterocycles. The van der Waals surface area contributed by atoms with Crippen LogP contribution in [-0.2, 0) is 11.3 Å². The SMILES string of the molecule is C[Si](C)(C)CCOCc1[nH]c(Br)nc1Br. The smallest absolute Gasteiger partial charge is 0.175 e. The predicted molar refractivity (Wildman–Crippen MR) is 71.8 cm³/mol. The predicted octanol–water partition coefficient (Wildman–Crippen LogP) is 3.79. The van der Waals surface area contributed by atoms with Crippen LogP contribution in [0.3, 0.4) is 0 Å². The van der Waals surface area contributed by atoms with Crippen LogP contribution in [0.1, 0.15) is 5.69 Å². The second-order valence-corrected chi connectivity index (χ2v) is 11.8. The monoisotopic (exact) mass is 354 g/mol. The Bertz CT molecular complexity index is 322. The lowest BCUT2D eigenvalue weighted by Gasteiger charge is -2.15. The maximum Gasteiger partial charge on any atom is 0.175 e. The van der Waals surface area contributed by atoms with Crippen molar-refractivity contribution < 1.29 is 4.74 Å². The molecule has 0 aliphatic carbocycles. The first kappa shape index (κ1) is 13.4. The van der Waals surface area contributed by atoms with Gasteiger partial charge >= 0.3 is 0 Å². The Labute approximate surface area is 108 Å². The van der Waals surface area contributed by atoms with Gasteiger partial charge in [-0.25, -0.2) is 4.98 Å². The zero-order chi connectivity index (χ0) is 11.5. The van der Waals surface area contributed by atoms with Crippen molar-refractivity contribution in [2.24, 2.45) is 0 Å². The van der Waals surface area contributed by atoms with Gasteiger partial charge in [-0.2, -0.15) is 0 Å². The lowest BCUT2D eigenvalue weighted by molar-refractivity contribution is 0.130. The summed E-state index contributed by atoms with van der Waals surface area (Å²) in [7, 11) is -0.976. The zero-order valence-corrected chi connectivity index (χ0v) is 13.4. The standard InChI is InChI=1S/C9H16Br2N2OSi/c1-15(2,3)5-4-14-6-7-8(10)13-9(11)12-7/h4-6H2,1-3H3,(H,12,13). The molecule has 86 valence electrons. The first-order valence-corrected chi connectivity index (χ1v) is 10.2. The van der Waals surface area contributed by atoms with Gasteiger partial charge in [-0.3, -0.25) is 0 Å². The average molecular weight is 356 g/mol. The Kier molecular flexibility index (Phi) is 5.01. The van der Waals surface area contributed by atoms with E-state index < -0.39 is 8.07 Å². The maximum atomic E-state index is 5.60. The third kappa shape index (κ3) is 5.28. The van der Waals surface area contributed by atoms with Crippen molar-refractivity contribution in [3.63, 3.8) is 0 Å². The molecular formula is C9H16Br2N2OSi. The summed E-state index contributed by atoms with van der Waals surface area (Å²) in [6.07, 6.45) is 0. The van der Waals surface area contributed by atoms with Crippen LogP contribution in [0.2, 0.25) is 25.7 Å². The number of rotatable bonds is 5. The van der Waals surface area contributed by atoms with Crippen LogP contribution in [0.4, 0.5) is 0 Å². The highest BCUT2D eigenvalue weighted by Crippen LogP contribution is 2.18. The van der Waals surface area contributed by atoms with E-state index in [9.17, 15) is 0 Å². The zero-order valence-electron chi connectivity index (χ0n) is 9.23. The van der Waals surface area contributed by atoms with Gasteiger partial charge < -0.3 is 9.72 Å².